The van der Waals surface area contributed by atoms with Crippen molar-refractivity contribution in [3.8, 4) is 0 Å². The van der Waals surface area contributed by atoms with Crippen molar-refractivity contribution in [1.82, 2.24) is 5.32 Å². The summed E-state index contributed by atoms with van der Waals surface area (Å²) < 4.78 is 12.8. The molecule has 0 bridgehead atoms. The van der Waals surface area contributed by atoms with E-state index in [-0.39, 0.29) is 11.9 Å². The van der Waals surface area contributed by atoms with E-state index in [0.717, 1.165) is 38.8 Å². The number of hydrogen-bond acceptors (Lipinski definition) is 3. The lowest BCUT2D eigenvalue weighted by molar-refractivity contribution is -0.179. The van der Waals surface area contributed by atoms with Crippen molar-refractivity contribution in [1.29, 1.82) is 0 Å². The van der Waals surface area contributed by atoms with E-state index < -0.39 is 0 Å². The summed E-state index contributed by atoms with van der Waals surface area (Å²) in [6, 6.07) is 0. The Morgan fingerprint density at radius 1 is 0.706 bits per heavy atom. The Kier molecular flexibility index (Phi) is 21.1. The maximum absolute atomic E-state index is 6.51. The van der Waals surface area contributed by atoms with Gasteiger partial charge in [0.15, 0.2) is 5.79 Å². The first-order chi connectivity index (χ1) is 16.8. The van der Waals surface area contributed by atoms with Gasteiger partial charge in [0, 0.05) is 12.8 Å². The SMILES string of the molecule is CCCCC/C=C\C/C=C\CCCCCCCCC1(CCCCCCC)OCC(CCNC)O1. The van der Waals surface area contributed by atoms with Gasteiger partial charge >= 0.3 is 0 Å². The number of unbranched alkanes of at least 4 members (excludes halogenated alkanes) is 13. The molecule has 1 rings (SSSR count). The first-order valence-corrected chi connectivity index (χ1v) is 15.0. The third-order valence-electron chi connectivity index (χ3n) is 7.05. The largest absolute Gasteiger partial charge is 0.347 e. The third-order valence-corrected chi connectivity index (χ3v) is 7.05. The summed E-state index contributed by atoms with van der Waals surface area (Å²) in [4.78, 5) is 0. The molecular formula is C31H59NO2. The van der Waals surface area contributed by atoms with E-state index >= 15 is 0 Å². The van der Waals surface area contributed by atoms with Gasteiger partial charge in [-0.15, -0.1) is 0 Å². The number of allylic oxidation sites excluding steroid dienone is 4. The molecule has 0 amide bonds. The molecule has 1 fully saturated rings. The van der Waals surface area contributed by atoms with E-state index in [2.05, 4.69) is 43.5 Å². The Morgan fingerprint density at radius 2 is 1.24 bits per heavy atom. The Hall–Kier alpha value is -0.640. The van der Waals surface area contributed by atoms with Gasteiger partial charge < -0.3 is 14.8 Å². The third kappa shape index (κ3) is 16.9. The molecule has 1 heterocycles. The predicted molar refractivity (Wildman–Crippen MR) is 149 cm³/mol. The van der Waals surface area contributed by atoms with Crippen LogP contribution in [-0.2, 0) is 9.47 Å². The maximum atomic E-state index is 6.51. The summed E-state index contributed by atoms with van der Waals surface area (Å²) in [5.74, 6) is -0.292. The molecule has 3 heteroatoms. The van der Waals surface area contributed by atoms with E-state index in [9.17, 15) is 0 Å². The summed E-state index contributed by atoms with van der Waals surface area (Å²) in [5, 5.41) is 3.25. The van der Waals surface area contributed by atoms with Gasteiger partial charge in [-0.1, -0.05) is 102 Å². The van der Waals surface area contributed by atoms with Gasteiger partial charge in [-0.25, -0.2) is 0 Å². The fourth-order valence-electron chi connectivity index (χ4n) is 4.83. The van der Waals surface area contributed by atoms with Crippen LogP contribution in [0.25, 0.3) is 0 Å². The lowest BCUT2D eigenvalue weighted by atomic mass is 9.99. The molecule has 2 atom stereocenters. The normalized spacial score (nSPS) is 20.9. The van der Waals surface area contributed by atoms with Gasteiger partial charge in [-0.2, -0.15) is 0 Å². The second-order valence-electron chi connectivity index (χ2n) is 10.4. The first kappa shape index (κ1) is 31.4. The Bertz CT molecular complexity index is 490. The van der Waals surface area contributed by atoms with Gasteiger partial charge in [-0.3, -0.25) is 0 Å². The van der Waals surface area contributed by atoms with Crippen molar-refractivity contribution < 1.29 is 9.47 Å². The quantitative estimate of drug-likeness (QED) is 0.111. The first-order valence-electron chi connectivity index (χ1n) is 15.0. The van der Waals surface area contributed by atoms with Gasteiger partial charge in [0.2, 0.25) is 0 Å². The molecule has 2 unspecified atom stereocenters. The highest BCUT2D eigenvalue weighted by Crippen LogP contribution is 2.35. The van der Waals surface area contributed by atoms with Crippen molar-refractivity contribution in [2.75, 3.05) is 20.2 Å². The second-order valence-corrected chi connectivity index (χ2v) is 10.4. The predicted octanol–water partition coefficient (Wildman–Crippen LogP) is 9.27. The van der Waals surface area contributed by atoms with Crippen molar-refractivity contribution in [3.63, 3.8) is 0 Å². The number of ether oxygens (including phenoxy) is 2. The summed E-state index contributed by atoms with van der Waals surface area (Å²) >= 11 is 0. The van der Waals surface area contributed by atoms with Crippen molar-refractivity contribution in [2.24, 2.45) is 0 Å². The minimum Gasteiger partial charge on any atom is -0.347 e. The van der Waals surface area contributed by atoms with Gasteiger partial charge in [0.25, 0.3) is 0 Å². The van der Waals surface area contributed by atoms with Crippen LogP contribution in [0.2, 0.25) is 0 Å². The van der Waals surface area contributed by atoms with E-state index in [1.807, 2.05) is 7.05 Å². The van der Waals surface area contributed by atoms with E-state index in [0.29, 0.717) is 0 Å². The van der Waals surface area contributed by atoms with Crippen molar-refractivity contribution in [2.45, 2.75) is 154 Å². The average molecular weight is 478 g/mol. The molecule has 0 radical (unpaired) electrons. The van der Waals surface area contributed by atoms with Crippen molar-refractivity contribution in [3.05, 3.63) is 24.3 Å². The minimum absolute atomic E-state index is 0.271. The topological polar surface area (TPSA) is 30.5 Å². The van der Waals surface area contributed by atoms with Crippen LogP contribution in [0.3, 0.4) is 0 Å². The number of hydrogen-bond donors (Lipinski definition) is 1. The lowest BCUT2D eigenvalue weighted by Crippen LogP contribution is -2.31. The summed E-state index contributed by atoms with van der Waals surface area (Å²) in [5.41, 5.74) is 0. The van der Waals surface area contributed by atoms with Gasteiger partial charge in [-0.05, 0) is 65.0 Å². The standard InChI is InChI=1S/C31H59NO2/c1-4-6-8-10-11-12-13-14-15-16-17-18-19-20-22-24-27-31(26-23-21-9-7-5-2)33-29-30(34-31)25-28-32-3/h11-12,14-15,30,32H,4-10,13,16-29H2,1-3H3/b12-11-,15-14-. The van der Waals surface area contributed by atoms with E-state index in [1.54, 1.807) is 0 Å². The van der Waals surface area contributed by atoms with Crippen molar-refractivity contribution >= 4 is 0 Å². The summed E-state index contributed by atoms with van der Waals surface area (Å²) in [6.45, 7) is 6.33. The van der Waals surface area contributed by atoms with Crippen LogP contribution in [-0.4, -0.2) is 32.1 Å². The molecule has 1 saturated heterocycles. The number of nitrogens with one attached hydrogen (secondary N) is 1. The van der Waals surface area contributed by atoms with Crippen LogP contribution in [0.1, 0.15) is 142 Å². The second kappa shape index (κ2) is 22.8. The average Bonchev–Trinajstić information content (AvgIpc) is 3.25. The van der Waals surface area contributed by atoms with Crippen LogP contribution in [0, 0.1) is 0 Å². The zero-order chi connectivity index (χ0) is 24.6. The number of rotatable bonds is 24. The van der Waals surface area contributed by atoms with Crippen LogP contribution < -0.4 is 5.32 Å². The Labute approximate surface area is 213 Å². The highest BCUT2D eigenvalue weighted by molar-refractivity contribution is 4.92. The van der Waals surface area contributed by atoms with Crippen LogP contribution in [0.5, 0.6) is 0 Å². The molecule has 0 aromatic heterocycles. The minimum atomic E-state index is -0.292. The smallest absolute Gasteiger partial charge is 0.168 e. The van der Waals surface area contributed by atoms with E-state index in [1.165, 1.54) is 103 Å². The lowest BCUT2D eigenvalue weighted by Gasteiger charge is -2.28. The van der Waals surface area contributed by atoms with Gasteiger partial charge in [0.1, 0.15) is 0 Å². The molecular weight excluding hydrogens is 418 g/mol. The summed E-state index contributed by atoms with van der Waals surface area (Å²) in [6.07, 6.45) is 35.0. The molecule has 1 aliphatic rings. The Morgan fingerprint density at radius 3 is 1.85 bits per heavy atom. The molecule has 200 valence electrons. The molecule has 0 spiro atoms. The molecule has 0 aromatic carbocycles. The monoisotopic (exact) mass is 477 g/mol. The van der Waals surface area contributed by atoms with Crippen LogP contribution in [0.15, 0.2) is 24.3 Å². The summed E-state index contributed by atoms with van der Waals surface area (Å²) in [7, 11) is 2.01. The Balaban J connectivity index is 2.10. The zero-order valence-corrected chi connectivity index (χ0v) is 23.3. The molecule has 1 aliphatic heterocycles. The fraction of sp³-hybridized carbons (Fsp3) is 0.871. The van der Waals surface area contributed by atoms with E-state index in [4.69, 9.17) is 9.47 Å². The molecule has 34 heavy (non-hydrogen) atoms. The van der Waals surface area contributed by atoms with Crippen LogP contribution in [0.4, 0.5) is 0 Å². The zero-order valence-electron chi connectivity index (χ0n) is 23.3. The maximum Gasteiger partial charge on any atom is 0.168 e. The molecule has 0 aromatic rings. The molecule has 3 nitrogen and oxygen atoms in total. The van der Waals surface area contributed by atoms with Gasteiger partial charge in [0.05, 0.1) is 12.7 Å². The fourth-order valence-corrected chi connectivity index (χ4v) is 4.83. The highest BCUT2D eigenvalue weighted by atomic mass is 16.7. The highest BCUT2D eigenvalue weighted by Gasteiger charge is 2.40. The molecule has 1 N–H and O–H groups in total. The molecule has 0 saturated carbocycles. The van der Waals surface area contributed by atoms with Crippen LogP contribution >= 0.6 is 0 Å². The molecule has 0 aliphatic carbocycles.